The van der Waals surface area contributed by atoms with Crippen LogP contribution in [0.15, 0.2) is 78.9 Å². The number of esters is 1. The Labute approximate surface area is 216 Å². The summed E-state index contributed by atoms with van der Waals surface area (Å²) in [6.45, 7) is 3.46. The number of benzene rings is 3. The van der Waals surface area contributed by atoms with Crippen molar-refractivity contribution in [1.82, 2.24) is 0 Å². The number of hydrogen-bond acceptors (Lipinski definition) is 5. The lowest BCUT2D eigenvalue weighted by Crippen LogP contribution is -2.31. The molecule has 0 N–H and O–H groups in total. The quantitative estimate of drug-likeness (QED) is 0.256. The van der Waals surface area contributed by atoms with Crippen LogP contribution in [0.2, 0.25) is 0 Å². The van der Waals surface area contributed by atoms with Crippen LogP contribution in [0.1, 0.15) is 63.9 Å². The van der Waals surface area contributed by atoms with Crippen LogP contribution in [0.4, 0.5) is 5.69 Å². The zero-order valence-corrected chi connectivity index (χ0v) is 20.9. The molecule has 0 spiro atoms. The van der Waals surface area contributed by atoms with Gasteiger partial charge in [-0.25, -0.2) is 4.79 Å². The van der Waals surface area contributed by atoms with E-state index < -0.39 is 12.1 Å². The Morgan fingerprint density at radius 1 is 0.838 bits per heavy atom. The third kappa shape index (κ3) is 4.84. The Balaban J connectivity index is 1.30. The molecule has 6 heteroatoms. The molecule has 3 aromatic rings. The van der Waals surface area contributed by atoms with E-state index in [0.29, 0.717) is 24.1 Å². The number of fused-ring (bicyclic) bond motifs is 1. The van der Waals surface area contributed by atoms with E-state index in [-0.39, 0.29) is 40.9 Å². The van der Waals surface area contributed by atoms with Gasteiger partial charge in [0.15, 0.2) is 6.10 Å². The molecule has 0 aromatic heterocycles. The predicted molar refractivity (Wildman–Crippen MR) is 139 cm³/mol. The third-order valence-electron chi connectivity index (χ3n) is 7.53. The van der Waals surface area contributed by atoms with Crippen molar-refractivity contribution in [2.24, 2.45) is 11.8 Å². The summed E-state index contributed by atoms with van der Waals surface area (Å²) >= 11 is 0. The summed E-state index contributed by atoms with van der Waals surface area (Å²) < 4.78 is 5.43. The minimum atomic E-state index is -0.980. The molecule has 0 bridgehead atoms. The van der Waals surface area contributed by atoms with Crippen LogP contribution < -0.4 is 4.90 Å². The van der Waals surface area contributed by atoms with Gasteiger partial charge in [0.05, 0.1) is 23.1 Å². The second kappa shape index (κ2) is 10.1. The second-order valence-corrected chi connectivity index (χ2v) is 9.97. The number of carbonyl (C=O) groups excluding carboxylic acids is 4. The second-order valence-electron chi connectivity index (χ2n) is 9.97. The molecule has 1 saturated heterocycles. The summed E-state index contributed by atoms with van der Waals surface area (Å²) in [6.07, 6.45) is 1.17. The summed E-state index contributed by atoms with van der Waals surface area (Å²) in [6, 6.07) is 23.5. The lowest BCUT2D eigenvalue weighted by molar-refractivity contribution is -0.122. The molecule has 1 aliphatic heterocycles. The van der Waals surface area contributed by atoms with Gasteiger partial charge in [0, 0.05) is 5.56 Å². The maximum Gasteiger partial charge on any atom is 0.338 e. The SMILES string of the molecule is Cc1ccc(C(=O)[C@@H](C)OC(=O)c2cccc(N3C(=O)[C@H]4C[C@@H](c5ccccc5)CC[C@H]4C3=O)c2)cc1. The normalized spacial score (nSPS) is 21.9. The van der Waals surface area contributed by atoms with Crippen LogP contribution in [0.25, 0.3) is 0 Å². The maximum absolute atomic E-state index is 13.4. The lowest BCUT2D eigenvalue weighted by atomic mass is 9.73. The summed E-state index contributed by atoms with van der Waals surface area (Å²) in [5.74, 6) is -1.88. The van der Waals surface area contributed by atoms with E-state index >= 15 is 0 Å². The zero-order chi connectivity index (χ0) is 26.1. The summed E-state index contributed by atoms with van der Waals surface area (Å²) in [7, 11) is 0. The summed E-state index contributed by atoms with van der Waals surface area (Å²) in [5, 5.41) is 0. The number of Topliss-reactive ketones (excluding diaryl/α,β-unsaturated/α-hetero) is 1. The molecule has 4 atom stereocenters. The van der Waals surface area contributed by atoms with Crippen molar-refractivity contribution in [1.29, 1.82) is 0 Å². The summed E-state index contributed by atoms with van der Waals surface area (Å²) in [5.41, 5.74) is 3.22. The number of amides is 2. The van der Waals surface area contributed by atoms with E-state index in [0.717, 1.165) is 12.0 Å². The van der Waals surface area contributed by atoms with Gasteiger partial charge < -0.3 is 4.74 Å². The minimum Gasteiger partial charge on any atom is -0.451 e. The molecule has 0 radical (unpaired) electrons. The molecular formula is C31H29NO5. The Bertz CT molecular complexity index is 1350. The van der Waals surface area contributed by atoms with Gasteiger partial charge in [-0.05, 0) is 62.8 Å². The van der Waals surface area contributed by atoms with E-state index in [4.69, 9.17) is 4.74 Å². The van der Waals surface area contributed by atoms with E-state index in [1.54, 1.807) is 30.3 Å². The Hall–Kier alpha value is -4.06. The number of hydrogen-bond donors (Lipinski definition) is 0. The number of rotatable bonds is 6. The van der Waals surface area contributed by atoms with Crippen molar-refractivity contribution in [2.45, 2.75) is 45.1 Å². The van der Waals surface area contributed by atoms with E-state index in [9.17, 15) is 19.2 Å². The lowest BCUT2D eigenvalue weighted by Gasteiger charge is -2.28. The highest BCUT2D eigenvalue weighted by Gasteiger charge is 2.50. The first kappa shape index (κ1) is 24.6. The number of carbonyl (C=O) groups is 4. The van der Waals surface area contributed by atoms with Crippen LogP contribution >= 0.6 is 0 Å². The van der Waals surface area contributed by atoms with Gasteiger partial charge in [-0.15, -0.1) is 0 Å². The fourth-order valence-electron chi connectivity index (χ4n) is 5.47. The largest absolute Gasteiger partial charge is 0.451 e. The van der Waals surface area contributed by atoms with Gasteiger partial charge in [0.1, 0.15) is 0 Å². The topological polar surface area (TPSA) is 80.8 Å². The first-order chi connectivity index (χ1) is 17.8. The van der Waals surface area contributed by atoms with Crippen molar-refractivity contribution >= 4 is 29.3 Å². The average molecular weight is 496 g/mol. The van der Waals surface area contributed by atoms with E-state index in [1.807, 2.05) is 37.3 Å². The molecule has 0 unspecified atom stereocenters. The molecule has 5 rings (SSSR count). The fraction of sp³-hybridized carbons (Fsp3) is 0.290. The standard InChI is InChI=1S/C31H29NO5/c1-19-11-13-22(14-12-19)28(33)20(2)37-31(36)24-9-6-10-25(17-24)32-29(34)26-16-15-23(18-27(26)30(32)35)21-7-4-3-5-8-21/h3-14,17,20,23,26-27H,15-16,18H2,1-2H3/t20-,23+,26-,27+/m1/s1. The molecule has 1 heterocycles. The van der Waals surface area contributed by atoms with E-state index in [2.05, 4.69) is 12.1 Å². The number of aryl methyl sites for hydroxylation is 1. The maximum atomic E-state index is 13.4. The Morgan fingerprint density at radius 3 is 2.27 bits per heavy atom. The Kier molecular flexibility index (Phi) is 6.74. The van der Waals surface area contributed by atoms with Gasteiger partial charge in [0.25, 0.3) is 0 Å². The Morgan fingerprint density at radius 2 is 1.54 bits per heavy atom. The highest BCUT2D eigenvalue weighted by atomic mass is 16.5. The van der Waals surface area contributed by atoms with Crippen LogP contribution in [-0.2, 0) is 14.3 Å². The molecule has 2 amide bonds. The molecule has 37 heavy (non-hydrogen) atoms. The summed E-state index contributed by atoms with van der Waals surface area (Å²) in [4.78, 5) is 53.4. The van der Waals surface area contributed by atoms with Crippen LogP contribution in [0, 0.1) is 18.8 Å². The molecule has 1 saturated carbocycles. The highest BCUT2D eigenvalue weighted by molar-refractivity contribution is 6.22. The number of nitrogens with zero attached hydrogens (tertiary/aromatic N) is 1. The van der Waals surface area contributed by atoms with Crippen molar-refractivity contribution < 1.29 is 23.9 Å². The molecular weight excluding hydrogens is 466 g/mol. The first-order valence-corrected chi connectivity index (χ1v) is 12.7. The van der Waals surface area contributed by atoms with Crippen molar-refractivity contribution in [3.8, 4) is 0 Å². The molecule has 188 valence electrons. The molecule has 2 fully saturated rings. The fourth-order valence-corrected chi connectivity index (χ4v) is 5.47. The first-order valence-electron chi connectivity index (χ1n) is 12.7. The van der Waals surface area contributed by atoms with Crippen molar-refractivity contribution in [2.75, 3.05) is 4.90 Å². The third-order valence-corrected chi connectivity index (χ3v) is 7.53. The number of ether oxygens (including phenoxy) is 1. The molecule has 3 aromatic carbocycles. The molecule has 6 nitrogen and oxygen atoms in total. The van der Waals surface area contributed by atoms with Gasteiger partial charge in [-0.2, -0.15) is 0 Å². The van der Waals surface area contributed by atoms with Crippen LogP contribution in [0.3, 0.4) is 0 Å². The molecule has 2 aliphatic rings. The average Bonchev–Trinajstić information content (AvgIpc) is 3.18. The predicted octanol–water partition coefficient (Wildman–Crippen LogP) is 5.50. The van der Waals surface area contributed by atoms with Gasteiger partial charge in [0.2, 0.25) is 17.6 Å². The smallest absolute Gasteiger partial charge is 0.338 e. The van der Waals surface area contributed by atoms with Crippen molar-refractivity contribution in [3.63, 3.8) is 0 Å². The minimum absolute atomic E-state index is 0.179. The van der Waals surface area contributed by atoms with Crippen molar-refractivity contribution in [3.05, 3.63) is 101 Å². The number of anilines is 1. The van der Waals surface area contributed by atoms with Crippen LogP contribution in [0.5, 0.6) is 0 Å². The van der Waals surface area contributed by atoms with E-state index in [1.165, 1.54) is 23.5 Å². The highest BCUT2D eigenvalue weighted by Crippen LogP contribution is 2.45. The van der Waals surface area contributed by atoms with Crippen LogP contribution in [-0.4, -0.2) is 29.7 Å². The zero-order valence-electron chi connectivity index (χ0n) is 20.9. The number of ketones is 1. The monoisotopic (exact) mass is 495 g/mol. The molecule has 1 aliphatic carbocycles. The van der Waals surface area contributed by atoms with Gasteiger partial charge >= 0.3 is 5.97 Å². The van der Waals surface area contributed by atoms with Gasteiger partial charge in [-0.3, -0.25) is 19.3 Å². The van der Waals surface area contributed by atoms with Gasteiger partial charge in [-0.1, -0.05) is 66.2 Å². The number of imide groups is 1.